The van der Waals surface area contributed by atoms with E-state index < -0.39 is 0 Å². The van der Waals surface area contributed by atoms with E-state index >= 15 is 0 Å². The summed E-state index contributed by atoms with van der Waals surface area (Å²) in [6, 6.07) is 18.0. The van der Waals surface area contributed by atoms with Crippen LogP contribution in [0.25, 0.3) is 0 Å². The molecule has 6 heteroatoms. The fourth-order valence-corrected chi connectivity index (χ4v) is 4.51. The van der Waals surface area contributed by atoms with Gasteiger partial charge in [-0.15, -0.1) is 11.8 Å². The van der Waals surface area contributed by atoms with Gasteiger partial charge >= 0.3 is 0 Å². The molecule has 0 radical (unpaired) electrons. The van der Waals surface area contributed by atoms with Gasteiger partial charge in [0.1, 0.15) is 0 Å². The van der Waals surface area contributed by atoms with Gasteiger partial charge in [-0.3, -0.25) is 9.59 Å². The molecule has 30 heavy (non-hydrogen) atoms. The average Bonchev–Trinajstić information content (AvgIpc) is 2.77. The zero-order valence-corrected chi connectivity index (χ0v) is 18.7. The molecule has 1 heterocycles. The maximum absolute atomic E-state index is 12.5. The molecule has 0 atom stereocenters. The van der Waals surface area contributed by atoms with E-state index in [0.717, 1.165) is 31.1 Å². The van der Waals surface area contributed by atoms with Crippen LogP contribution in [-0.4, -0.2) is 54.7 Å². The number of rotatable bonds is 8. The molecule has 0 unspecified atom stereocenters. The summed E-state index contributed by atoms with van der Waals surface area (Å²) in [6.45, 7) is 7.96. The van der Waals surface area contributed by atoms with Crippen molar-refractivity contribution >= 4 is 29.3 Å². The fourth-order valence-electron chi connectivity index (χ4n) is 3.56. The van der Waals surface area contributed by atoms with Crippen LogP contribution in [0, 0.1) is 0 Å². The Morgan fingerprint density at radius 3 is 2.33 bits per heavy atom. The highest BCUT2D eigenvalue weighted by atomic mass is 32.2. The van der Waals surface area contributed by atoms with Crippen LogP contribution in [0.5, 0.6) is 0 Å². The average molecular weight is 426 g/mol. The molecule has 0 aromatic heterocycles. The second-order valence-corrected chi connectivity index (χ2v) is 9.34. The Balaban J connectivity index is 1.39. The van der Waals surface area contributed by atoms with E-state index in [-0.39, 0.29) is 11.8 Å². The molecule has 2 amide bonds. The molecule has 2 aromatic rings. The SMILES string of the molecule is CC(C)Sc1ccccc1C(=O)NCCCC(=O)N1CCN(c2ccccc2)CC1. The Labute approximate surface area is 183 Å². The Hall–Kier alpha value is -2.47. The molecule has 160 valence electrons. The number of anilines is 1. The molecule has 1 fully saturated rings. The van der Waals surface area contributed by atoms with E-state index in [9.17, 15) is 9.59 Å². The van der Waals surface area contributed by atoms with E-state index in [0.29, 0.717) is 30.2 Å². The van der Waals surface area contributed by atoms with Crippen molar-refractivity contribution in [3.05, 3.63) is 60.2 Å². The van der Waals surface area contributed by atoms with Crippen LogP contribution < -0.4 is 10.2 Å². The van der Waals surface area contributed by atoms with Crippen molar-refractivity contribution < 1.29 is 9.59 Å². The Morgan fingerprint density at radius 1 is 0.967 bits per heavy atom. The van der Waals surface area contributed by atoms with Gasteiger partial charge in [-0.1, -0.05) is 44.2 Å². The Morgan fingerprint density at radius 2 is 1.63 bits per heavy atom. The van der Waals surface area contributed by atoms with E-state index in [4.69, 9.17) is 0 Å². The minimum Gasteiger partial charge on any atom is -0.368 e. The summed E-state index contributed by atoms with van der Waals surface area (Å²) in [5.74, 6) is 0.107. The first-order valence-electron chi connectivity index (χ1n) is 10.7. The number of thioether (sulfide) groups is 1. The molecule has 1 aliphatic rings. The number of hydrogen-bond donors (Lipinski definition) is 1. The van der Waals surface area contributed by atoms with Crippen LogP contribution in [0.1, 0.15) is 37.0 Å². The van der Waals surface area contributed by atoms with Gasteiger partial charge < -0.3 is 15.1 Å². The van der Waals surface area contributed by atoms with Crippen LogP contribution in [-0.2, 0) is 4.79 Å². The fraction of sp³-hybridized carbons (Fsp3) is 0.417. The smallest absolute Gasteiger partial charge is 0.252 e. The minimum absolute atomic E-state index is 0.0670. The van der Waals surface area contributed by atoms with Gasteiger partial charge in [0.2, 0.25) is 5.91 Å². The summed E-state index contributed by atoms with van der Waals surface area (Å²) in [4.78, 5) is 30.3. The number of amides is 2. The highest BCUT2D eigenvalue weighted by Gasteiger charge is 2.21. The van der Waals surface area contributed by atoms with Gasteiger partial charge in [-0.2, -0.15) is 0 Å². The maximum atomic E-state index is 12.5. The van der Waals surface area contributed by atoms with E-state index in [1.807, 2.05) is 47.4 Å². The lowest BCUT2D eigenvalue weighted by atomic mass is 10.2. The first kappa shape index (κ1) is 22.2. The van der Waals surface area contributed by atoms with Gasteiger partial charge in [0, 0.05) is 55.0 Å². The third-order valence-corrected chi connectivity index (χ3v) is 6.18. The number of carbonyl (C=O) groups is 2. The number of para-hydroxylation sites is 1. The minimum atomic E-state index is -0.0670. The predicted molar refractivity (Wildman–Crippen MR) is 124 cm³/mol. The molecule has 0 aliphatic carbocycles. The maximum Gasteiger partial charge on any atom is 0.252 e. The zero-order chi connectivity index (χ0) is 21.3. The van der Waals surface area contributed by atoms with Crippen LogP contribution >= 0.6 is 11.8 Å². The van der Waals surface area contributed by atoms with Gasteiger partial charge in [0.05, 0.1) is 5.56 Å². The van der Waals surface area contributed by atoms with Crippen molar-refractivity contribution in [2.75, 3.05) is 37.6 Å². The Kier molecular flexibility index (Phi) is 8.20. The number of piperazine rings is 1. The third-order valence-electron chi connectivity index (χ3n) is 5.10. The number of benzene rings is 2. The highest BCUT2D eigenvalue weighted by molar-refractivity contribution is 8.00. The van der Waals surface area contributed by atoms with Crippen LogP contribution in [0.4, 0.5) is 5.69 Å². The molecule has 5 nitrogen and oxygen atoms in total. The summed E-state index contributed by atoms with van der Waals surface area (Å²) in [7, 11) is 0. The van der Waals surface area contributed by atoms with E-state index in [1.165, 1.54) is 5.69 Å². The number of carbonyl (C=O) groups excluding carboxylic acids is 2. The van der Waals surface area contributed by atoms with Crippen molar-refractivity contribution in [2.24, 2.45) is 0 Å². The number of nitrogens with one attached hydrogen (secondary N) is 1. The van der Waals surface area contributed by atoms with Crippen LogP contribution in [0.2, 0.25) is 0 Å². The number of hydrogen-bond acceptors (Lipinski definition) is 4. The summed E-state index contributed by atoms with van der Waals surface area (Å²) in [5.41, 5.74) is 1.92. The highest BCUT2D eigenvalue weighted by Crippen LogP contribution is 2.26. The molecule has 1 aliphatic heterocycles. The Bertz CT molecular complexity index is 833. The van der Waals surface area contributed by atoms with Crippen molar-refractivity contribution in [2.45, 2.75) is 36.8 Å². The lowest BCUT2D eigenvalue weighted by Gasteiger charge is -2.36. The van der Waals surface area contributed by atoms with Crippen LogP contribution in [0.3, 0.4) is 0 Å². The lowest BCUT2D eigenvalue weighted by Crippen LogP contribution is -2.48. The topological polar surface area (TPSA) is 52.7 Å². The normalized spacial score (nSPS) is 14.1. The third kappa shape index (κ3) is 6.26. The largest absolute Gasteiger partial charge is 0.368 e. The molecule has 3 rings (SSSR count). The molecular formula is C24H31N3O2S. The van der Waals surface area contributed by atoms with Crippen molar-refractivity contribution in [3.63, 3.8) is 0 Å². The molecule has 0 saturated carbocycles. The molecule has 1 N–H and O–H groups in total. The van der Waals surface area contributed by atoms with Gasteiger partial charge in [-0.05, 0) is 30.7 Å². The van der Waals surface area contributed by atoms with Crippen molar-refractivity contribution in [1.29, 1.82) is 0 Å². The van der Waals surface area contributed by atoms with Gasteiger partial charge in [0.25, 0.3) is 5.91 Å². The van der Waals surface area contributed by atoms with Gasteiger partial charge in [0.15, 0.2) is 0 Å². The monoisotopic (exact) mass is 425 g/mol. The molecular weight excluding hydrogens is 394 g/mol. The summed E-state index contributed by atoms with van der Waals surface area (Å²) >= 11 is 1.69. The van der Waals surface area contributed by atoms with Gasteiger partial charge in [-0.25, -0.2) is 0 Å². The molecule has 0 spiro atoms. The quantitative estimate of drug-likeness (QED) is 0.512. The molecule has 1 saturated heterocycles. The van der Waals surface area contributed by atoms with Crippen molar-refractivity contribution in [1.82, 2.24) is 10.2 Å². The summed E-state index contributed by atoms with van der Waals surface area (Å²) in [6.07, 6.45) is 1.12. The van der Waals surface area contributed by atoms with E-state index in [2.05, 4.69) is 36.2 Å². The zero-order valence-electron chi connectivity index (χ0n) is 17.8. The van der Waals surface area contributed by atoms with Crippen molar-refractivity contribution in [3.8, 4) is 0 Å². The van der Waals surface area contributed by atoms with Crippen LogP contribution in [0.15, 0.2) is 59.5 Å². The second kappa shape index (κ2) is 11.1. The first-order chi connectivity index (χ1) is 14.5. The number of nitrogens with zero attached hydrogens (tertiary/aromatic N) is 2. The molecule has 0 bridgehead atoms. The summed E-state index contributed by atoms with van der Waals surface area (Å²) < 4.78 is 0. The second-order valence-electron chi connectivity index (χ2n) is 7.73. The lowest BCUT2D eigenvalue weighted by molar-refractivity contribution is -0.131. The predicted octanol–water partition coefficient (Wildman–Crippen LogP) is 4.05. The first-order valence-corrected chi connectivity index (χ1v) is 11.5. The van der Waals surface area contributed by atoms with E-state index in [1.54, 1.807) is 11.8 Å². The molecule has 2 aromatic carbocycles. The standard InChI is InChI=1S/C24H31N3O2S/c1-19(2)30-22-12-7-6-11-21(22)24(29)25-14-8-13-23(28)27-17-15-26(16-18-27)20-9-4-3-5-10-20/h3-7,9-12,19H,8,13-18H2,1-2H3,(H,25,29). The summed E-state index contributed by atoms with van der Waals surface area (Å²) in [5, 5.41) is 3.38.